The van der Waals surface area contributed by atoms with Crippen molar-refractivity contribution in [1.29, 1.82) is 0 Å². The van der Waals surface area contributed by atoms with Gasteiger partial charge in [0.05, 0.1) is 6.10 Å². The van der Waals surface area contributed by atoms with Gasteiger partial charge in [-0.1, -0.05) is 35.8 Å². The fourth-order valence-corrected chi connectivity index (χ4v) is 1.49. The molecule has 0 bridgehead atoms. The first kappa shape index (κ1) is 18.3. The molecular formula is C14H15ClF3NO3. The van der Waals surface area contributed by atoms with Gasteiger partial charge in [0.2, 0.25) is 6.61 Å². The lowest BCUT2D eigenvalue weighted by Gasteiger charge is -2.12. The van der Waals surface area contributed by atoms with Crippen LogP contribution < -0.4 is 0 Å². The van der Waals surface area contributed by atoms with Crippen LogP contribution in [0.2, 0.25) is 5.02 Å². The highest BCUT2D eigenvalue weighted by molar-refractivity contribution is 6.30. The van der Waals surface area contributed by atoms with Crippen molar-refractivity contribution in [2.24, 2.45) is 5.16 Å². The summed E-state index contributed by atoms with van der Waals surface area (Å²) in [6, 6.07) is 4.93. The van der Waals surface area contributed by atoms with Crippen LogP contribution in [0.3, 0.4) is 0 Å². The number of rotatable bonds is 6. The standard InChI is InChI=1S/C14H15ClF3NO3/c1-3-9(2)22-12(20)8-21-19-13(14(16,17)18)10-4-6-11(15)7-5-10/h4-7,9H,3,8H2,1-2H3. The molecule has 1 aromatic carbocycles. The third-order valence-corrected chi connectivity index (χ3v) is 2.88. The van der Waals surface area contributed by atoms with Gasteiger partial charge < -0.3 is 9.57 Å². The lowest BCUT2D eigenvalue weighted by atomic mass is 10.1. The SMILES string of the molecule is CCC(C)OC(=O)CON=C(c1ccc(Cl)cc1)C(F)(F)F. The van der Waals surface area contributed by atoms with Crippen molar-refractivity contribution < 1.29 is 27.5 Å². The van der Waals surface area contributed by atoms with Crippen molar-refractivity contribution in [2.45, 2.75) is 32.5 Å². The summed E-state index contributed by atoms with van der Waals surface area (Å²) in [7, 11) is 0. The molecule has 0 radical (unpaired) electrons. The van der Waals surface area contributed by atoms with Crippen LogP contribution in [0.4, 0.5) is 13.2 Å². The largest absolute Gasteiger partial charge is 0.460 e. The summed E-state index contributed by atoms with van der Waals surface area (Å²) in [5.74, 6) is -0.782. The van der Waals surface area contributed by atoms with Crippen LogP contribution in [0.25, 0.3) is 0 Å². The molecule has 8 heteroatoms. The van der Waals surface area contributed by atoms with Crippen molar-refractivity contribution in [2.75, 3.05) is 6.61 Å². The monoisotopic (exact) mass is 337 g/mol. The molecular weight excluding hydrogens is 323 g/mol. The molecule has 0 aliphatic carbocycles. The van der Waals surface area contributed by atoms with Gasteiger partial charge in [0, 0.05) is 10.6 Å². The number of benzene rings is 1. The van der Waals surface area contributed by atoms with Gasteiger partial charge in [-0.15, -0.1) is 0 Å². The van der Waals surface area contributed by atoms with Gasteiger partial charge in [0.1, 0.15) is 0 Å². The van der Waals surface area contributed by atoms with Crippen LogP contribution in [-0.4, -0.2) is 30.6 Å². The Morgan fingerprint density at radius 3 is 2.41 bits per heavy atom. The number of carbonyl (C=O) groups is 1. The summed E-state index contributed by atoms with van der Waals surface area (Å²) in [4.78, 5) is 15.8. The Morgan fingerprint density at radius 1 is 1.32 bits per heavy atom. The second-order valence-corrected chi connectivity index (χ2v) is 4.86. The van der Waals surface area contributed by atoms with E-state index in [4.69, 9.17) is 16.3 Å². The molecule has 1 atom stereocenters. The molecule has 0 saturated heterocycles. The van der Waals surface area contributed by atoms with E-state index >= 15 is 0 Å². The van der Waals surface area contributed by atoms with Crippen LogP contribution in [-0.2, 0) is 14.4 Å². The average molecular weight is 338 g/mol. The molecule has 0 aliphatic rings. The van der Waals surface area contributed by atoms with Crippen LogP contribution in [0.15, 0.2) is 29.4 Å². The zero-order chi connectivity index (χ0) is 16.8. The number of alkyl halides is 3. The van der Waals surface area contributed by atoms with Crippen LogP contribution in [0.1, 0.15) is 25.8 Å². The van der Waals surface area contributed by atoms with Gasteiger partial charge >= 0.3 is 12.1 Å². The zero-order valence-corrected chi connectivity index (χ0v) is 12.7. The minimum Gasteiger partial charge on any atom is -0.460 e. The maximum Gasteiger partial charge on any atom is 0.437 e. The molecule has 1 unspecified atom stereocenters. The lowest BCUT2D eigenvalue weighted by molar-refractivity contribution is -0.153. The van der Waals surface area contributed by atoms with Crippen LogP contribution in [0.5, 0.6) is 0 Å². The highest BCUT2D eigenvalue weighted by Crippen LogP contribution is 2.23. The number of hydrogen-bond acceptors (Lipinski definition) is 4. The molecule has 0 heterocycles. The summed E-state index contributed by atoms with van der Waals surface area (Å²) in [5, 5.41) is 3.31. The third kappa shape index (κ3) is 5.93. The summed E-state index contributed by atoms with van der Waals surface area (Å²) in [5.41, 5.74) is -1.47. The Balaban J connectivity index is 2.77. The number of hydrogen-bond donors (Lipinski definition) is 0. The topological polar surface area (TPSA) is 47.9 Å². The maximum absolute atomic E-state index is 12.9. The third-order valence-electron chi connectivity index (χ3n) is 2.63. The Bertz CT molecular complexity index is 529. The zero-order valence-electron chi connectivity index (χ0n) is 12.0. The second kappa shape index (κ2) is 8.03. The molecule has 0 aromatic heterocycles. The van der Waals surface area contributed by atoms with E-state index in [1.54, 1.807) is 13.8 Å². The van der Waals surface area contributed by atoms with Crippen molar-refractivity contribution in [3.63, 3.8) is 0 Å². The predicted octanol–water partition coefficient (Wildman–Crippen LogP) is 3.96. The Morgan fingerprint density at radius 2 is 1.91 bits per heavy atom. The maximum atomic E-state index is 12.9. The van der Waals surface area contributed by atoms with E-state index in [-0.39, 0.29) is 11.7 Å². The Kier molecular flexibility index (Phi) is 6.67. The number of carbonyl (C=O) groups excluding carboxylic acids is 1. The fourth-order valence-electron chi connectivity index (χ4n) is 1.37. The van der Waals surface area contributed by atoms with Crippen molar-refractivity contribution in [3.05, 3.63) is 34.9 Å². The summed E-state index contributed by atoms with van der Waals surface area (Å²) < 4.78 is 43.7. The van der Waals surface area contributed by atoms with Gasteiger partial charge in [-0.3, -0.25) is 0 Å². The first-order valence-electron chi connectivity index (χ1n) is 6.46. The molecule has 0 saturated carbocycles. The predicted molar refractivity (Wildman–Crippen MR) is 75.8 cm³/mol. The van der Waals surface area contributed by atoms with Crippen LogP contribution >= 0.6 is 11.6 Å². The number of ether oxygens (including phenoxy) is 1. The average Bonchev–Trinajstić information content (AvgIpc) is 2.43. The smallest absolute Gasteiger partial charge is 0.437 e. The highest BCUT2D eigenvalue weighted by Gasteiger charge is 2.37. The lowest BCUT2D eigenvalue weighted by Crippen LogP contribution is -2.25. The van der Waals surface area contributed by atoms with E-state index in [9.17, 15) is 18.0 Å². The summed E-state index contributed by atoms with van der Waals surface area (Å²) >= 11 is 5.63. The molecule has 0 fully saturated rings. The number of oxime groups is 1. The minimum atomic E-state index is -4.73. The van der Waals surface area contributed by atoms with Gasteiger partial charge in [-0.05, 0) is 25.5 Å². The van der Waals surface area contributed by atoms with E-state index < -0.39 is 24.5 Å². The minimum absolute atomic E-state index is 0.216. The molecule has 122 valence electrons. The van der Waals surface area contributed by atoms with Gasteiger partial charge in [0.25, 0.3) is 0 Å². The molecule has 4 nitrogen and oxygen atoms in total. The molecule has 0 spiro atoms. The van der Waals surface area contributed by atoms with E-state index in [2.05, 4.69) is 9.99 Å². The molecule has 1 rings (SSSR count). The van der Waals surface area contributed by atoms with Crippen molar-refractivity contribution >= 4 is 23.3 Å². The molecule has 0 aliphatic heterocycles. The fraction of sp³-hybridized carbons (Fsp3) is 0.429. The molecule has 1 aromatic rings. The summed E-state index contributed by atoms with van der Waals surface area (Å²) in [6.45, 7) is 2.77. The normalized spacial score (nSPS) is 13.6. The van der Waals surface area contributed by atoms with Crippen molar-refractivity contribution in [3.8, 4) is 0 Å². The first-order chi connectivity index (χ1) is 10.2. The van der Waals surface area contributed by atoms with Gasteiger partial charge in [0.15, 0.2) is 5.71 Å². The number of esters is 1. The van der Waals surface area contributed by atoms with Crippen molar-refractivity contribution in [1.82, 2.24) is 0 Å². The quantitative estimate of drug-likeness (QED) is 0.448. The second-order valence-electron chi connectivity index (χ2n) is 4.43. The number of nitrogens with zero attached hydrogens (tertiary/aromatic N) is 1. The molecule has 0 N–H and O–H groups in total. The Hall–Kier alpha value is -1.76. The summed E-state index contributed by atoms with van der Waals surface area (Å²) in [6.07, 6.45) is -4.47. The van der Waals surface area contributed by atoms with E-state index in [0.717, 1.165) is 12.1 Å². The van der Waals surface area contributed by atoms with E-state index in [0.29, 0.717) is 11.4 Å². The van der Waals surface area contributed by atoms with Gasteiger partial charge in [-0.25, -0.2) is 4.79 Å². The van der Waals surface area contributed by atoms with Crippen LogP contribution in [0, 0.1) is 0 Å². The van der Waals surface area contributed by atoms with Gasteiger partial charge in [-0.2, -0.15) is 13.2 Å². The number of halogens is 4. The Labute approximate surface area is 130 Å². The van der Waals surface area contributed by atoms with E-state index in [1.807, 2.05) is 0 Å². The first-order valence-corrected chi connectivity index (χ1v) is 6.84. The van der Waals surface area contributed by atoms with E-state index in [1.165, 1.54) is 12.1 Å². The highest BCUT2D eigenvalue weighted by atomic mass is 35.5. The molecule has 0 amide bonds. The molecule has 22 heavy (non-hydrogen) atoms.